The summed E-state index contributed by atoms with van der Waals surface area (Å²) in [7, 11) is 0. The van der Waals surface area contributed by atoms with E-state index in [1.165, 1.54) is 51.4 Å². The van der Waals surface area contributed by atoms with Gasteiger partial charge in [0.05, 0.1) is 6.54 Å². The van der Waals surface area contributed by atoms with E-state index in [9.17, 15) is 4.79 Å². The summed E-state index contributed by atoms with van der Waals surface area (Å²) < 4.78 is 5.89. The number of carbonyl (C=O) groups is 1. The summed E-state index contributed by atoms with van der Waals surface area (Å²) in [5.41, 5.74) is 6.32. The molecular formula is C34H61N2O2+. The van der Waals surface area contributed by atoms with Crippen LogP contribution in [0.15, 0.2) is 11.6 Å². The minimum Gasteiger partial charge on any atom is -0.446 e. The lowest BCUT2D eigenvalue weighted by Gasteiger charge is -2.58. The number of nitrogens with one attached hydrogen (secondary N) is 1. The number of hydrogen-bond acceptors (Lipinski definition) is 2. The van der Waals surface area contributed by atoms with Crippen LogP contribution in [0.3, 0.4) is 0 Å². The van der Waals surface area contributed by atoms with E-state index < -0.39 is 0 Å². The monoisotopic (exact) mass is 529 g/mol. The van der Waals surface area contributed by atoms with Crippen LogP contribution in [-0.4, -0.2) is 24.3 Å². The van der Waals surface area contributed by atoms with Gasteiger partial charge in [0.1, 0.15) is 11.6 Å². The van der Waals surface area contributed by atoms with Crippen molar-refractivity contribution in [2.24, 2.45) is 52.3 Å². The molecule has 38 heavy (non-hydrogen) atoms. The van der Waals surface area contributed by atoms with Gasteiger partial charge in [-0.2, -0.15) is 0 Å². The molecular weight excluding hydrogens is 468 g/mol. The third-order valence-electron chi connectivity index (χ3n) is 12.3. The number of amides is 1. The Morgan fingerprint density at radius 3 is 2.50 bits per heavy atom. The molecule has 0 aromatic carbocycles. The van der Waals surface area contributed by atoms with Crippen molar-refractivity contribution >= 4 is 6.09 Å². The van der Waals surface area contributed by atoms with Crippen molar-refractivity contribution in [2.45, 2.75) is 138 Å². The standard InChI is InChI=1S/C34H60N2O2/c1-9-24(22(2)3)11-10-23(4)28-14-15-29-27-13-12-25-20-26(38-31(37)36-21-32(5,6)35)16-18-33(25,7)30(27)17-19-34(28,29)8/h12,22-24,26-30H,9-11,13-21,35H2,1-8H3,(H,36,37)/p+1/t23-,24-,26+,27+,28-,29+,30+,33+,34-/m1/s1. The van der Waals surface area contributed by atoms with Gasteiger partial charge >= 0.3 is 6.09 Å². The van der Waals surface area contributed by atoms with Crippen LogP contribution >= 0.6 is 0 Å². The van der Waals surface area contributed by atoms with Gasteiger partial charge in [-0.3, -0.25) is 0 Å². The van der Waals surface area contributed by atoms with Gasteiger partial charge in [-0.05, 0) is 117 Å². The summed E-state index contributed by atoms with van der Waals surface area (Å²) in [5, 5.41) is 2.92. The van der Waals surface area contributed by atoms with Crippen LogP contribution in [0.1, 0.15) is 126 Å². The summed E-state index contributed by atoms with van der Waals surface area (Å²) in [4.78, 5) is 12.4. The molecule has 4 aliphatic rings. The predicted octanol–water partition coefficient (Wildman–Crippen LogP) is 7.78. The Balaban J connectivity index is 1.39. The Labute approximate surface area is 234 Å². The highest BCUT2D eigenvalue weighted by molar-refractivity contribution is 5.67. The maximum absolute atomic E-state index is 12.4. The fourth-order valence-corrected chi connectivity index (χ4v) is 9.89. The number of ether oxygens (including phenoxy) is 1. The van der Waals surface area contributed by atoms with Crippen LogP contribution in [0.4, 0.5) is 4.79 Å². The molecule has 0 aromatic heterocycles. The van der Waals surface area contributed by atoms with Gasteiger partial charge < -0.3 is 15.8 Å². The fraction of sp³-hybridized carbons (Fsp3) is 0.912. The van der Waals surface area contributed by atoms with E-state index in [0.717, 1.165) is 60.7 Å². The van der Waals surface area contributed by atoms with Gasteiger partial charge in [0.25, 0.3) is 0 Å². The second kappa shape index (κ2) is 11.5. The van der Waals surface area contributed by atoms with Crippen LogP contribution in [0.2, 0.25) is 0 Å². The Bertz CT molecular complexity index is 859. The Kier molecular flexibility index (Phi) is 9.02. The van der Waals surface area contributed by atoms with Crippen LogP contribution in [0.25, 0.3) is 0 Å². The van der Waals surface area contributed by atoms with Crippen molar-refractivity contribution in [3.63, 3.8) is 0 Å². The summed E-state index contributed by atoms with van der Waals surface area (Å²) >= 11 is 0. The Morgan fingerprint density at radius 1 is 1.11 bits per heavy atom. The minimum absolute atomic E-state index is 0.0159. The van der Waals surface area contributed by atoms with Crippen molar-refractivity contribution in [3.8, 4) is 0 Å². The predicted molar refractivity (Wildman–Crippen MR) is 157 cm³/mol. The quantitative estimate of drug-likeness (QED) is 0.299. The smallest absolute Gasteiger partial charge is 0.407 e. The summed E-state index contributed by atoms with van der Waals surface area (Å²) in [6, 6.07) is 0. The van der Waals surface area contributed by atoms with Crippen molar-refractivity contribution in [3.05, 3.63) is 11.6 Å². The maximum Gasteiger partial charge on any atom is 0.407 e. The molecule has 9 atom stereocenters. The number of allylic oxidation sites excluding steroid dienone is 1. The van der Waals surface area contributed by atoms with E-state index in [4.69, 9.17) is 4.74 Å². The highest BCUT2D eigenvalue weighted by Crippen LogP contribution is 2.67. The van der Waals surface area contributed by atoms with Gasteiger partial charge in [0.2, 0.25) is 0 Å². The highest BCUT2D eigenvalue weighted by Gasteiger charge is 2.59. The normalized spacial score (nSPS) is 38.5. The third kappa shape index (κ3) is 6.01. The molecule has 4 aliphatic carbocycles. The van der Waals surface area contributed by atoms with E-state index in [2.05, 4.69) is 58.7 Å². The lowest BCUT2D eigenvalue weighted by molar-refractivity contribution is -0.462. The summed E-state index contributed by atoms with van der Waals surface area (Å²) in [5.74, 6) is 6.01. The molecule has 3 fully saturated rings. The average Bonchev–Trinajstić information content (AvgIpc) is 3.20. The molecule has 0 unspecified atom stereocenters. The first-order valence-corrected chi connectivity index (χ1v) is 16.3. The molecule has 0 aliphatic heterocycles. The number of alkyl carbamates (subject to hydrolysis) is 1. The zero-order valence-corrected chi connectivity index (χ0v) is 26.2. The first-order chi connectivity index (χ1) is 17.8. The van der Waals surface area contributed by atoms with Gasteiger partial charge in [-0.1, -0.05) is 66.0 Å². The summed E-state index contributed by atoms with van der Waals surface area (Å²) in [6.07, 6.45) is 16.5. The van der Waals surface area contributed by atoms with Gasteiger partial charge in [-0.15, -0.1) is 0 Å². The number of hydrogen-bond donors (Lipinski definition) is 2. The van der Waals surface area contributed by atoms with E-state index >= 15 is 0 Å². The van der Waals surface area contributed by atoms with Crippen LogP contribution in [0.5, 0.6) is 0 Å². The molecule has 218 valence electrons. The van der Waals surface area contributed by atoms with Crippen molar-refractivity contribution in [1.29, 1.82) is 0 Å². The zero-order valence-electron chi connectivity index (χ0n) is 26.2. The molecule has 1 amide bonds. The molecule has 4 nitrogen and oxygen atoms in total. The van der Waals surface area contributed by atoms with E-state index in [0.29, 0.717) is 17.4 Å². The molecule has 0 heterocycles. The Morgan fingerprint density at radius 2 is 1.84 bits per heavy atom. The largest absolute Gasteiger partial charge is 0.446 e. The number of carbonyl (C=O) groups excluding carboxylic acids is 1. The van der Waals surface area contributed by atoms with E-state index in [1.54, 1.807) is 5.57 Å². The number of fused-ring (bicyclic) bond motifs is 5. The lowest BCUT2D eigenvalue weighted by Crippen LogP contribution is -2.73. The van der Waals surface area contributed by atoms with Crippen LogP contribution in [0, 0.1) is 52.3 Å². The number of rotatable bonds is 9. The van der Waals surface area contributed by atoms with Crippen molar-refractivity contribution in [2.75, 3.05) is 6.54 Å². The lowest BCUT2D eigenvalue weighted by atomic mass is 9.47. The fourth-order valence-electron chi connectivity index (χ4n) is 9.89. The van der Waals surface area contributed by atoms with Crippen LogP contribution in [-0.2, 0) is 4.74 Å². The molecule has 4 N–H and O–H groups in total. The van der Waals surface area contributed by atoms with Crippen molar-refractivity contribution < 1.29 is 15.3 Å². The van der Waals surface area contributed by atoms with Gasteiger partial charge in [0.15, 0.2) is 0 Å². The number of quaternary nitrogens is 1. The minimum atomic E-state index is -0.275. The molecule has 3 saturated carbocycles. The first-order valence-electron chi connectivity index (χ1n) is 16.3. The highest BCUT2D eigenvalue weighted by atomic mass is 16.6. The maximum atomic E-state index is 12.4. The molecule has 0 bridgehead atoms. The topological polar surface area (TPSA) is 66.0 Å². The van der Waals surface area contributed by atoms with Gasteiger partial charge in [-0.25, -0.2) is 4.79 Å². The van der Waals surface area contributed by atoms with E-state index in [-0.39, 0.29) is 17.7 Å². The zero-order chi connectivity index (χ0) is 27.9. The van der Waals surface area contributed by atoms with Crippen molar-refractivity contribution in [1.82, 2.24) is 5.32 Å². The molecule has 0 spiro atoms. The third-order valence-corrected chi connectivity index (χ3v) is 12.3. The Hall–Kier alpha value is -1.03. The molecule has 0 aromatic rings. The molecule has 4 rings (SSSR count). The first kappa shape index (κ1) is 29.9. The molecule has 4 heteroatoms. The molecule has 0 saturated heterocycles. The second-order valence-electron chi connectivity index (χ2n) is 15.7. The van der Waals surface area contributed by atoms with Gasteiger partial charge in [0, 0.05) is 6.42 Å². The second-order valence-corrected chi connectivity index (χ2v) is 15.7. The molecule has 0 radical (unpaired) electrons. The van der Waals surface area contributed by atoms with E-state index in [1.807, 2.05) is 13.8 Å². The SMILES string of the molecule is CC[C@H](CC[C@@H](C)[C@H]1CC[C@H]2[C@@H]3CC=C4C[C@@H](OC(=O)NCC(C)(C)[NH3+])CC[C@]4(C)[C@H]3CC[C@]12C)C(C)C. The average molecular weight is 530 g/mol. The van der Waals surface area contributed by atoms with Crippen LogP contribution < -0.4 is 11.1 Å². The summed E-state index contributed by atoms with van der Waals surface area (Å²) in [6.45, 7) is 19.7.